The quantitative estimate of drug-likeness (QED) is 0.573. The van der Waals surface area contributed by atoms with Gasteiger partial charge in [0.05, 0.1) is 6.61 Å². The summed E-state index contributed by atoms with van der Waals surface area (Å²) in [7, 11) is 0. The van der Waals surface area contributed by atoms with Crippen molar-refractivity contribution in [3.05, 3.63) is 0 Å². The molecule has 0 aromatic heterocycles. The standard InChI is InChI=1S/C17H36N2O/c1-16(2)7-5-6-13-20-14-12-18-8-10-19(11-9-18)15-17(3)4/h16-17H,5-15H2,1-4H3. The average molecular weight is 284 g/mol. The Morgan fingerprint density at radius 1 is 0.800 bits per heavy atom. The monoisotopic (exact) mass is 284 g/mol. The van der Waals surface area contributed by atoms with Crippen LogP contribution in [0.1, 0.15) is 47.0 Å². The summed E-state index contributed by atoms with van der Waals surface area (Å²) in [5.74, 6) is 1.62. The molecular formula is C17H36N2O. The summed E-state index contributed by atoms with van der Waals surface area (Å²) in [6.45, 7) is 18.3. The molecule has 0 aromatic carbocycles. The molecule has 1 heterocycles. The predicted octanol–water partition coefficient (Wildman–Crippen LogP) is 3.10. The van der Waals surface area contributed by atoms with Gasteiger partial charge < -0.3 is 9.64 Å². The van der Waals surface area contributed by atoms with Crippen molar-refractivity contribution in [3.8, 4) is 0 Å². The van der Waals surface area contributed by atoms with Gasteiger partial charge in [-0.2, -0.15) is 0 Å². The number of nitrogens with zero attached hydrogens (tertiary/aromatic N) is 2. The maximum Gasteiger partial charge on any atom is 0.0593 e. The Hall–Kier alpha value is -0.120. The molecule has 120 valence electrons. The molecule has 3 heteroatoms. The Bertz CT molecular complexity index is 223. The van der Waals surface area contributed by atoms with Gasteiger partial charge in [-0.3, -0.25) is 4.90 Å². The first-order valence-corrected chi connectivity index (χ1v) is 8.60. The zero-order valence-corrected chi connectivity index (χ0v) is 14.2. The summed E-state index contributed by atoms with van der Waals surface area (Å²) in [6, 6.07) is 0. The van der Waals surface area contributed by atoms with E-state index in [1.165, 1.54) is 52.0 Å². The van der Waals surface area contributed by atoms with Crippen LogP contribution in [0.5, 0.6) is 0 Å². The summed E-state index contributed by atoms with van der Waals surface area (Å²) >= 11 is 0. The van der Waals surface area contributed by atoms with Crippen molar-refractivity contribution in [3.63, 3.8) is 0 Å². The van der Waals surface area contributed by atoms with Gasteiger partial charge in [0.15, 0.2) is 0 Å². The molecule has 0 unspecified atom stereocenters. The van der Waals surface area contributed by atoms with E-state index in [0.29, 0.717) is 0 Å². The lowest BCUT2D eigenvalue weighted by Gasteiger charge is -2.35. The van der Waals surface area contributed by atoms with Gasteiger partial charge in [-0.25, -0.2) is 0 Å². The van der Waals surface area contributed by atoms with E-state index in [4.69, 9.17) is 4.74 Å². The van der Waals surface area contributed by atoms with Gasteiger partial charge >= 0.3 is 0 Å². The molecule has 3 nitrogen and oxygen atoms in total. The van der Waals surface area contributed by atoms with Gasteiger partial charge in [0.25, 0.3) is 0 Å². The molecule has 20 heavy (non-hydrogen) atoms. The number of hydrogen-bond donors (Lipinski definition) is 0. The molecule has 1 rings (SSSR count). The highest BCUT2D eigenvalue weighted by Crippen LogP contribution is 2.07. The fourth-order valence-corrected chi connectivity index (χ4v) is 2.76. The molecule has 0 amide bonds. The number of ether oxygens (including phenoxy) is 1. The molecule has 0 spiro atoms. The number of piperazine rings is 1. The van der Waals surface area contributed by atoms with Crippen LogP contribution in [-0.4, -0.2) is 62.3 Å². The molecule has 0 aromatic rings. The van der Waals surface area contributed by atoms with Crippen molar-refractivity contribution in [1.29, 1.82) is 0 Å². The second kappa shape index (κ2) is 10.6. The third-order valence-corrected chi connectivity index (χ3v) is 3.96. The lowest BCUT2D eigenvalue weighted by molar-refractivity contribution is 0.0706. The van der Waals surface area contributed by atoms with Crippen molar-refractivity contribution in [2.75, 3.05) is 52.5 Å². The van der Waals surface area contributed by atoms with Crippen molar-refractivity contribution < 1.29 is 4.74 Å². The molecule has 0 atom stereocenters. The zero-order valence-electron chi connectivity index (χ0n) is 14.2. The smallest absolute Gasteiger partial charge is 0.0593 e. The van der Waals surface area contributed by atoms with E-state index in [1.54, 1.807) is 0 Å². The highest BCUT2D eigenvalue weighted by Gasteiger charge is 2.16. The van der Waals surface area contributed by atoms with Crippen LogP contribution in [-0.2, 0) is 4.74 Å². The summed E-state index contributed by atoms with van der Waals surface area (Å²) in [6.07, 6.45) is 3.87. The van der Waals surface area contributed by atoms with Crippen LogP contribution >= 0.6 is 0 Å². The SMILES string of the molecule is CC(C)CCCCOCCN1CCN(CC(C)C)CC1. The fraction of sp³-hybridized carbons (Fsp3) is 1.00. The minimum absolute atomic E-state index is 0.788. The van der Waals surface area contributed by atoms with Gasteiger partial charge in [0.2, 0.25) is 0 Å². The van der Waals surface area contributed by atoms with Crippen LogP contribution in [0.2, 0.25) is 0 Å². The topological polar surface area (TPSA) is 15.7 Å². The molecule has 0 bridgehead atoms. The van der Waals surface area contributed by atoms with Crippen LogP contribution in [0.3, 0.4) is 0 Å². The van der Waals surface area contributed by atoms with Gasteiger partial charge in [-0.1, -0.05) is 40.5 Å². The van der Waals surface area contributed by atoms with E-state index in [1.807, 2.05) is 0 Å². The average Bonchev–Trinajstić information content (AvgIpc) is 2.38. The Morgan fingerprint density at radius 2 is 1.45 bits per heavy atom. The summed E-state index contributed by atoms with van der Waals surface area (Å²) in [5.41, 5.74) is 0. The first-order chi connectivity index (χ1) is 9.58. The molecule has 0 saturated carbocycles. The van der Waals surface area contributed by atoms with Crippen LogP contribution in [0.25, 0.3) is 0 Å². The van der Waals surface area contributed by atoms with Gasteiger partial charge in [0, 0.05) is 45.9 Å². The van der Waals surface area contributed by atoms with Crippen LogP contribution in [0, 0.1) is 11.8 Å². The minimum Gasteiger partial charge on any atom is -0.380 e. The third-order valence-electron chi connectivity index (χ3n) is 3.96. The minimum atomic E-state index is 0.788. The number of hydrogen-bond acceptors (Lipinski definition) is 3. The van der Waals surface area contributed by atoms with Gasteiger partial charge in [0.1, 0.15) is 0 Å². The van der Waals surface area contributed by atoms with E-state index < -0.39 is 0 Å². The van der Waals surface area contributed by atoms with E-state index in [-0.39, 0.29) is 0 Å². The molecule has 1 saturated heterocycles. The largest absolute Gasteiger partial charge is 0.380 e. The normalized spacial score (nSPS) is 18.3. The van der Waals surface area contributed by atoms with E-state index in [0.717, 1.165) is 31.6 Å². The van der Waals surface area contributed by atoms with Gasteiger partial charge in [-0.05, 0) is 18.3 Å². The van der Waals surface area contributed by atoms with Crippen molar-refractivity contribution in [1.82, 2.24) is 9.80 Å². The summed E-state index contributed by atoms with van der Waals surface area (Å²) < 4.78 is 5.75. The van der Waals surface area contributed by atoms with Crippen molar-refractivity contribution >= 4 is 0 Å². The Balaban J connectivity index is 1.91. The maximum atomic E-state index is 5.75. The van der Waals surface area contributed by atoms with Crippen molar-refractivity contribution in [2.24, 2.45) is 11.8 Å². The predicted molar refractivity (Wildman–Crippen MR) is 87.2 cm³/mol. The van der Waals surface area contributed by atoms with E-state index in [2.05, 4.69) is 37.5 Å². The Morgan fingerprint density at radius 3 is 2.05 bits per heavy atom. The first-order valence-electron chi connectivity index (χ1n) is 8.60. The lowest BCUT2D eigenvalue weighted by Crippen LogP contribution is -2.48. The van der Waals surface area contributed by atoms with Crippen LogP contribution in [0.15, 0.2) is 0 Å². The van der Waals surface area contributed by atoms with Gasteiger partial charge in [-0.15, -0.1) is 0 Å². The lowest BCUT2D eigenvalue weighted by atomic mass is 10.1. The second-order valence-corrected chi connectivity index (χ2v) is 7.04. The molecule has 0 aliphatic carbocycles. The third kappa shape index (κ3) is 8.93. The zero-order chi connectivity index (χ0) is 14.8. The highest BCUT2D eigenvalue weighted by atomic mass is 16.5. The second-order valence-electron chi connectivity index (χ2n) is 7.04. The summed E-state index contributed by atoms with van der Waals surface area (Å²) in [5, 5.41) is 0. The number of unbranched alkanes of at least 4 members (excludes halogenated alkanes) is 1. The molecule has 1 aliphatic rings. The highest BCUT2D eigenvalue weighted by molar-refractivity contribution is 4.72. The molecule has 1 aliphatic heterocycles. The molecule has 0 N–H and O–H groups in total. The van der Waals surface area contributed by atoms with Crippen LogP contribution in [0.4, 0.5) is 0 Å². The fourth-order valence-electron chi connectivity index (χ4n) is 2.76. The van der Waals surface area contributed by atoms with E-state index in [9.17, 15) is 0 Å². The van der Waals surface area contributed by atoms with Crippen molar-refractivity contribution in [2.45, 2.75) is 47.0 Å². The Labute approximate surface area is 126 Å². The molecule has 1 fully saturated rings. The first kappa shape index (κ1) is 17.9. The van der Waals surface area contributed by atoms with Crippen LogP contribution < -0.4 is 0 Å². The molecule has 0 radical (unpaired) electrons. The summed E-state index contributed by atoms with van der Waals surface area (Å²) in [4.78, 5) is 5.14. The van der Waals surface area contributed by atoms with E-state index >= 15 is 0 Å². The maximum absolute atomic E-state index is 5.75. The molecular weight excluding hydrogens is 248 g/mol. The Kier molecular flexibility index (Phi) is 9.49. The number of rotatable bonds is 10.